The van der Waals surface area contributed by atoms with Crippen LogP contribution in [-0.4, -0.2) is 0 Å². The van der Waals surface area contributed by atoms with Crippen LogP contribution in [-0.2, 0) is 0 Å². The first-order valence-electron chi connectivity index (χ1n) is 7.80. The second kappa shape index (κ2) is 4.87. The second-order valence-electron chi connectivity index (χ2n) is 7.90. The Labute approximate surface area is 113 Å². The zero-order chi connectivity index (χ0) is 13.4. The van der Waals surface area contributed by atoms with E-state index in [1.54, 1.807) is 0 Å². The predicted molar refractivity (Wildman–Crippen MR) is 76.0 cm³/mol. The molecule has 0 bridgehead atoms. The van der Waals surface area contributed by atoms with E-state index in [-0.39, 0.29) is 5.41 Å². The van der Waals surface area contributed by atoms with E-state index in [1.165, 1.54) is 32.1 Å². The first-order chi connectivity index (χ1) is 8.38. The fourth-order valence-corrected chi connectivity index (χ4v) is 4.03. The number of nitriles is 1. The van der Waals surface area contributed by atoms with Crippen LogP contribution in [0.15, 0.2) is 0 Å². The first kappa shape index (κ1) is 13.9. The first-order valence-corrected chi connectivity index (χ1v) is 7.80. The molecule has 0 amide bonds. The maximum absolute atomic E-state index is 9.77. The van der Waals surface area contributed by atoms with Crippen molar-refractivity contribution in [1.82, 2.24) is 0 Å². The van der Waals surface area contributed by atoms with Gasteiger partial charge in [0.25, 0.3) is 0 Å². The van der Waals surface area contributed by atoms with Crippen molar-refractivity contribution in [2.24, 2.45) is 28.6 Å². The lowest BCUT2D eigenvalue weighted by atomic mass is 9.56. The van der Waals surface area contributed by atoms with Gasteiger partial charge in [0.05, 0.1) is 11.5 Å². The van der Waals surface area contributed by atoms with E-state index in [1.807, 2.05) is 0 Å². The van der Waals surface area contributed by atoms with Gasteiger partial charge in [-0.05, 0) is 61.7 Å². The van der Waals surface area contributed by atoms with Crippen molar-refractivity contribution < 1.29 is 0 Å². The molecule has 2 fully saturated rings. The Bertz CT molecular complexity index is 326. The zero-order valence-corrected chi connectivity index (χ0v) is 12.6. The Kier molecular flexibility index (Phi) is 3.77. The summed E-state index contributed by atoms with van der Waals surface area (Å²) in [6.45, 7) is 9.48. The van der Waals surface area contributed by atoms with Gasteiger partial charge in [-0.25, -0.2) is 0 Å². The van der Waals surface area contributed by atoms with Gasteiger partial charge in [-0.15, -0.1) is 0 Å². The lowest BCUT2D eigenvalue weighted by Gasteiger charge is -2.47. The molecule has 3 unspecified atom stereocenters. The molecule has 0 aromatic heterocycles. The molecule has 2 saturated carbocycles. The number of hydrogen-bond donors (Lipinski definition) is 0. The van der Waals surface area contributed by atoms with Crippen molar-refractivity contribution in [3.05, 3.63) is 0 Å². The summed E-state index contributed by atoms with van der Waals surface area (Å²) in [5.74, 6) is 2.34. The van der Waals surface area contributed by atoms with Crippen LogP contribution in [0.2, 0.25) is 0 Å². The van der Waals surface area contributed by atoms with Gasteiger partial charge in [0.1, 0.15) is 0 Å². The highest BCUT2D eigenvalue weighted by Crippen LogP contribution is 2.53. The molecular weight excluding hydrogens is 218 g/mol. The smallest absolute Gasteiger partial charge is 0.0692 e. The van der Waals surface area contributed by atoms with Crippen molar-refractivity contribution in [1.29, 1.82) is 5.26 Å². The van der Waals surface area contributed by atoms with Gasteiger partial charge < -0.3 is 0 Å². The molecule has 2 rings (SSSR count). The highest BCUT2D eigenvalue weighted by atomic mass is 14.5. The minimum Gasteiger partial charge on any atom is -0.198 e. The average Bonchev–Trinajstić information content (AvgIpc) is 2.34. The number of nitrogens with zero attached hydrogens (tertiary/aromatic N) is 1. The molecule has 102 valence electrons. The van der Waals surface area contributed by atoms with Crippen molar-refractivity contribution in [2.75, 3.05) is 0 Å². The molecule has 0 N–H and O–H groups in total. The SMILES string of the molecule is CC1CCC(C2(C#N)CCC(C)(C)CC2)CC1C. The number of hydrogen-bond acceptors (Lipinski definition) is 1. The molecule has 0 spiro atoms. The standard InChI is InChI=1S/C17H29N/c1-13-5-6-15(11-14(13)2)17(12-18)9-7-16(3,4)8-10-17/h13-15H,5-11H2,1-4H3. The van der Waals surface area contributed by atoms with E-state index in [2.05, 4.69) is 33.8 Å². The lowest BCUT2D eigenvalue weighted by Crippen LogP contribution is -2.39. The zero-order valence-electron chi connectivity index (χ0n) is 12.6. The largest absolute Gasteiger partial charge is 0.198 e. The fraction of sp³-hybridized carbons (Fsp3) is 0.941. The van der Waals surface area contributed by atoms with Gasteiger partial charge >= 0.3 is 0 Å². The molecule has 18 heavy (non-hydrogen) atoms. The van der Waals surface area contributed by atoms with E-state index in [0.717, 1.165) is 24.7 Å². The lowest BCUT2D eigenvalue weighted by molar-refractivity contribution is 0.0470. The predicted octanol–water partition coefficient (Wildman–Crippen LogP) is 5.17. The third-order valence-electron chi connectivity index (χ3n) is 6.10. The van der Waals surface area contributed by atoms with Gasteiger partial charge in [0, 0.05) is 0 Å². The van der Waals surface area contributed by atoms with Crippen LogP contribution in [0.5, 0.6) is 0 Å². The van der Waals surface area contributed by atoms with E-state index in [9.17, 15) is 5.26 Å². The average molecular weight is 247 g/mol. The third kappa shape index (κ3) is 2.58. The minimum absolute atomic E-state index is 0.0178. The summed E-state index contributed by atoms with van der Waals surface area (Å²) in [5, 5.41) is 9.77. The maximum atomic E-state index is 9.77. The van der Waals surface area contributed by atoms with Gasteiger partial charge in [-0.3, -0.25) is 0 Å². The van der Waals surface area contributed by atoms with Crippen molar-refractivity contribution in [2.45, 2.75) is 72.6 Å². The quantitative estimate of drug-likeness (QED) is 0.627. The summed E-state index contributed by atoms with van der Waals surface area (Å²) in [6.07, 6.45) is 8.67. The normalized spacial score (nSPS) is 38.9. The molecule has 0 aliphatic heterocycles. The molecule has 1 heteroatoms. The molecule has 0 saturated heterocycles. The molecule has 0 heterocycles. The van der Waals surface area contributed by atoms with E-state index >= 15 is 0 Å². The second-order valence-corrected chi connectivity index (χ2v) is 7.90. The van der Waals surface area contributed by atoms with Gasteiger partial charge in [-0.2, -0.15) is 5.26 Å². The molecular formula is C17H29N. The topological polar surface area (TPSA) is 23.8 Å². The van der Waals surface area contributed by atoms with Crippen molar-refractivity contribution in [3.63, 3.8) is 0 Å². The van der Waals surface area contributed by atoms with Crippen LogP contribution in [0.3, 0.4) is 0 Å². The van der Waals surface area contributed by atoms with Crippen molar-refractivity contribution >= 4 is 0 Å². The highest BCUT2D eigenvalue weighted by Gasteiger charge is 2.45. The Hall–Kier alpha value is -0.510. The maximum Gasteiger partial charge on any atom is 0.0692 e. The Morgan fingerprint density at radius 3 is 2.06 bits per heavy atom. The molecule has 2 aliphatic rings. The molecule has 2 aliphatic carbocycles. The van der Waals surface area contributed by atoms with Crippen LogP contribution in [0.4, 0.5) is 0 Å². The number of rotatable bonds is 1. The van der Waals surface area contributed by atoms with E-state index in [0.29, 0.717) is 11.3 Å². The third-order valence-corrected chi connectivity index (χ3v) is 6.10. The van der Waals surface area contributed by atoms with Crippen LogP contribution < -0.4 is 0 Å². The highest BCUT2D eigenvalue weighted by molar-refractivity contribution is 5.07. The molecule has 3 atom stereocenters. The summed E-state index contributed by atoms with van der Waals surface area (Å²) in [4.78, 5) is 0. The molecule has 1 nitrogen and oxygen atoms in total. The van der Waals surface area contributed by atoms with Gasteiger partial charge in [0.2, 0.25) is 0 Å². The molecule has 0 radical (unpaired) electrons. The Balaban J connectivity index is 2.08. The minimum atomic E-state index is 0.0178. The van der Waals surface area contributed by atoms with E-state index < -0.39 is 0 Å². The summed E-state index contributed by atoms with van der Waals surface area (Å²) in [6, 6.07) is 2.76. The summed E-state index contributed by atoms with van der Waals surface area (Å²) >= 11 is 0. The Morgan fingerprint density at radius 1 is 0.944 bits per heavy atom. The molecule has 0 aromatic rings. The van der Waals surface area contributed by atoms with Gasteiger partial charge in [-0.1, -0.05) is 34.1 Å². The monoisotopic (exact) mass is 247 g/mol. The summed E-state index contributed by atoms with van der Waals surface area (Å²) < 4.78 is 0. The van der Waals surface area contributed by atoms with E-state index in [4.69, 9.17) is 0 Å². The van der Waals surface area contributed by atoms with Crippen LogP contribution in [0, 0.1) is 39.9 Å². The van der Waals surface area contributed by atoms with Gasteiger partial charge in [0.15, 0.2) is 0 Å². The Morgan fingerprint density at radius 2 is 1.56 bits per heavy atom. The van der Waals surface area contributed by atoms with Crippen LogP contribution in [0.25, 0.3) is 0 Å². The van der Waals surface area contributed by atoms with Crippen LogP contribution >= 0.6 is 0 Å². The molecule has 0 aromatic carbocycles. The fourth-order valence-electron chi connectivity index (χ4n) is 4.03. The summed E-state index contributed by atoms with van der Waals surface area (Å²) in [5.41, 5.74) is 0.484. The summed E-state index contributed by atoms with van der Waals surface area (Å²) in [7, 11) is 0. The van der Waals surface area contributed by atoms with Crippen LogP contribution in [0.1, 0.15) is 72.6 Å². The van der Waals surface area contributed by atoms with Crippen molar-refractivity contribution in [3.8, 4) is 6.07 Å².